The highest BCUT2D eigenvalue weighted by atomic mass is 35.5. The van der Waals surface area contributed by atoms with E-state index in [1.165, 1.54) is 0 Å². The van der Waals surface area contributed by atoms with Crippen LogP contribution in [0.1, 0.15) is 49.7 Å². The molecule has 0 unspecified atom stereocenters. The Hall–Kier alpha value is -3.25. The molecule has 0 saturated heterocycles. The van der Waals surface area contributed by atoms with E-state index < -0.39 is 11.9 Å². The molecule has 1 aliphatic heterocycles. The van der Waals surface area contributed by atoms with Crippen molar-refractivity contribution in [3.8, 4) is 11.5 Å². The summed E-state index contributed by atoms with van der Waals surface area (Å²) in [6, 6.07) is 13.1. The average molecular weight is 482 g/mol. The van der Waals surface area contributed by atoms with Crippen molar-refractivity contribution in [2.24, 2.45) is 0 Å². The number of benzene rings is 2. The van der Waals surface area contributed by atoms with E-state index >= 15 is 0 Å². The van der Waals surface area contributed by atoms with Crippen LogP contribution in [0.5, 0.6) is 11.5 Å². The largest absolute Gasteiger partial charge is 0.493 e. The Labute approximate surface area is 204 Å². The number of para-hydroxylation sites is 1. The second-order valence-electron chi connectivity index (χ2n) is 8.37. The zero-order valence-electron chi connectivity index (χ0n) is 19.7. The molecular formula is C27H28ClNO5. The maximum Gasteiger partial charge on any atom is 0.336 e. The highest BCUT2D eigenvalue weighted by molar-refractivity contribution is 6.30. The first kappa shape index (κ1) is 23.9. The normalized spacial score (nSPS) is 20.0. The van der Waals surface area contributed by atoms with Gasteiger partial charge in [0.2, 0.25) is 0 Å². The van der Waals surface area contributed by atoms with E-state index in [9.17, 15) is 9.59 Å². The Balaban J connectivity index is 1.86. The number of dihydropyridines is 1. The molecule has 1 aliphatic carbocycles. The van der Waals surface area contributed by atoms with Gasteiger partial charge in [0.05, 0.1) is 32.3 Å². The maximum atomic E-state index is 13.7. The molecule has 0 aromatic heterocycles. The van der Waals surface area contributed by atoms with Gasteiger partial charge < -0.3 is 19.5 Å². The van der Waals surface area contributed by atoms with E-state index in [0.29, 0.717) is 51.8 Å². The molecule has 6 nitrogen and oxygen atoms in total. The zero-order valence-corrected chi connectivity index (χ0v) is 20.5. The molecule has 0 fully saturated rings. The molecule has 7 heteroatoms. The van der Waals surface area contributed by atoms with Crippen LogP contribution in [0.2, 0.25) is 5.02 Å². The molecule has 1 N–H and O–H groups in total. The second-order valence-corrected chi connectivity index (χ2v) is 8.81. The number of esters is 1. The Bertz CT molecular complexity index is 1180. The van der Waals surface area contributed by atoms with Crippen molar-refractivity contribution in [3.63, 3.8) is 0 Å². The molecule has 0 radical (unpaired) electrons. The predicted octanol–water partition coefficient (Wildman–Crippen LogP) is 5.28. The van der Waals surface area contributed by atoms with Crippen LogP contribution in [-0.4, -0.2) is 32.6 Å². The SMILES string of the molecule is CCOC(=O)C1=C(C)NC2=C(C(=O)C[C@H](c3ccc(Cl)cc3)C2)[C@H]1c1cccc(OC)c1OC. The number of ketones is 1. The number of rotatable bonds is 6. The first-order valence-corrected chi connectivity index (χ1v) is 11.6. The highest BCUT2D eigenvalue weighted by Gasteiger charge is 2.42. The number of hydrogen-bond donors (Lipinski definition) is 1. The first-order valence-electron chi connectivity index (χ1n) is 11.3. The van der Waals surface area contributed by atoms with Gasteiger partial charge in [-0.2, -0.15) is 0 Å². The van der Waals surface area contributed by atoms with Crippen molar-refractivity contribution in [2.75, 3.05) is 20.8 Å². The third kappa shape index (κ3) is 4.30. The number of Topliss-reactive ketones (excluding diaryl/α,β-unsaturated/α-hetero) is 1. The minimum atomic E-state index is -0.626. The van der Waals surface area contributed by atoms with Crippen LogP contribution in [0, 0.1) is 0 Å². The third-order valence-corrected chi connectivity index (χ3v) is 6.66. The molecule has 2 aliphatic rings. The fourth-order valence-corrected chi connectivity index (χ4v) is 5.07. The Morgan fingerprint density at radius 1 is 1.09 bits per heavy atom. The second kappa shape index (κ2) is 9.94. The fourth-order valence-electron chi connectivity index (χ4n) is 4.94. The minimum absolute atomic E-state index is 0.0146. The molecule has 0 amide bonds. The summed E-state index contributed by atoms with van der Waals surface area (Å²) in [5, 5.41) is 4.01. The predicted molar refractivity (Wildman–Crippen MR) is 130 cm³/mol. The summed E-state index contributed by atoms with van der Waals surface area (Å²) in [6.45, 7) is 3.83. The topological polar surface area (TPSA) is 73.9 Å². The van der Waals surface area contributed by atoms with Crippen molar-refractivity contribution in [1.82, 2.24) is 5.32 Å². The molecular weight excluding hydrogens is 454 g/mol. The van der Waals surface area contributed by atoms with Gasteiger partial charge in [-0.3, -0.25) is 4.79 Å². The molecule has 2 atom stereocenters. The fraction of sp³-hybridized carbons (Fsp3) is 0.333. The van der Waals surface area contributed by atoms with Gasteiger partial charge >= 0.3 is 5.97 Å². The van der Waals surface area contributed by atoms with Gasteiger partial charge in [0.15, 0.2) is 17.3 Å². The van der Waals surface area contributed by atoms with E-state index in [1.807, 2.05) is 43.3 Å². The van der Waals surface area contributed by atoms with E-state index in [2.05, 4.69) is 5.32 Å². The average Bonchev–Trinajstić information content (AvgIpc) is 2.82. The molecule has 1 heterocycles. The van der Waals surface area contributed by atoms with Gasteiger partial charge in [-0.15, -0.1) is 0 Å². The molecule has 2 aromatic rings. The molecule has 2 aromatic carbocycles. The van der Waals surface area contributed by atoms with Crippen LogP contribution < -0.4 is 14.8 Å². The van der Waals surface area contributed by atoms with E-state index in [0.717, 1.165) is 11.3 Å². The van der Waals surface area contributed by atoms with E-state index in [1.54, 1.807) is 27.2 Å². The van der Waals surface area contributed by atoms with Crippen molar-refractivity contribution in [1.29, 1.82) is 0 Å². The van der Waals surface area contributed by atoms with Crippen molar-refractivity contribution in [3.05, 3.63) is 81.2 Å². The van der Waals surface area contributed by atoms with Gasteiger partial charge in [-0.1, -0.05) is 35.9 Å². The Morgan fingerprint density at radius 2 is 1.82 bits per heavy atom. The van der Waals surface area contributed by atoms with Crippen molar-refractivity contribution in [2.45, 2.75) is 38.5 Å². The summed E-state index contributed by atoms with van der Waals surface area (Å²) in [7, 11) is 3.11. The Morgan fingerprint density at radius 3 is 2.47 bits per heavy atom. The Kier molecular flexibility index (Phi) is 6.98. The lowest BCUT2D eigenvalue weighted by Gasteiger charge is -2.37. The van der Waals surface area contributed by atoms with Crippen LogP contribution in [0.15, 0.2) is 65.0 Å². The van der Waals surface area contributed by atoms with E-state index in [4.69, 9.17) is 25.8 Å². The standard InChI is InChI=1S/C27H28ClNO5/c1-5-34-27(31)23-15(2)29-20-13-17(16-9-11-18(28)12-10-16)14-21(30)25(20)24(23)19-7-6-8-22(32-3)26(19)33-4/h6-12,17,24,29H,5,13-14H2,1-4H3/t17-,24+/m1/s1. The smallest absolute Gasteiger partial charge is 0.336 e. The number of nitrogens with one attached hydrogen (secondary N) is 1. The lowest BCUT2D eigenvalue weighted by atomic mass is 9.71. The summed E-state index contributed by atoms with van der Waals surface area (Å²) < 4.78 is 16.6. The van der Waals surface area contributed by atoms with Crippen molar-refractivity contribution >= 4 is 23.4 Å². The number of halogens is 1. The van der Waals surface area contributed by atoms with Gasteiger partial charge in [-0.25, -0.2) is 4.79 Å². The number of carbonyl (C=O) groups excluding carboxylic acids is 2. The first-order chi connectivity index (χ1) is 16.4. The summed E-state index contributed by atoms with van der Waals surface area (Å²) in [5.74, 6) is -0.0610. The quantitative estimate of drug-likeness (QED) is 0.566. The lowest BCUT2D eigenvalue weighted by molar-refractivity contribution is -0.138. The minimum Gasteiger partial charge on any atom is -0.493 e. The van der Waals surface area contributed by atoms with Gasteiger partial charge in [-0.05, 0) is 49.9 Å². The third-order valence-electron chi connectivity index (χ3n) is 6.41. The molecule has 4 rings (SSSR count). The van der Waals surface area contributed by atoms with Crippen LogP contribution in [-0.2, 0) is 14.3 Å². The van der Waals surface area contributed by atoms with Gasteiger partial charge in [0.25, 0.3) is 0 Å². The van der Waals surface area contributed by atoms with Crippen molar-refractivity contribution < 1.29 is 23.8 Å². The van der Waals surface area contributed by atoms with Crippen LogP contribution in [0.3, 0.4) is 0 Å². The van der Waals surface area contributed by atoms with Crippen LogP contribution >= 0.6 is 11.6 Å². The van der Waals surface area contributed by atoms with Gasteiger partial charge in [0, 0.05) is 34.0 Å². The number of hydrogen-bond acceptors (Lipinski definition) is 6. The molecule has 178 valence electrons. The summed E-state index contributed by atoms with van der Waals surface area (Å²) in [6.07, 6.45) is 0.971. The number of carbonyl (C=O) groups is 2. The summed E-state index contributed by atoms with van der Waals surface area (Å²) >= 11 is 6.06. The molecule has 0 bridgehead atoms. The van der Waals surface area contributed by atoms with Crippen LogP contribution in [0.25, 0.3) is 0 Å². The highest BCUT2D eigenvalue weighted by Crippen LogP contribution is 2.49. The maximum absolute atomic E-state index is 13.7. The van der Waals surface area contributed by atoms with E-state index in [-0.39, 0.29) is 18.3 Å². The lowest BCUT2D eigenvalue weighted by Crippen LogP contribution is -2.36. The van der Waals surface area contributed by atoms with Crippen LogP contribution in [0.4, 0.5) is 0 Å². The number of allylic oxidation sites excluding steroid dienone is 3. The summed E-state index contributed by atoms with van der Waals surface area (Å²) in [4.78, 5) is 26.8. The van der Waals surface area contributed by atoms with Gasteiger partial charge in [0.1, 0.15) is 0 Å². The number of methoxy groups -OCH3 is 2. The molecule has 34 heavy (non-hydrogen) atoms. The summed E-state index contributed by atoms with van der Waals surface area (Å²) in [5.41, 5.74) is 4.21. The zero-order chi connectivity index (χ0) is 24.4. The monoisotopic (exact) mass is 481 g/mol. The molecule has 0 saturated carbocycles. The number of ether oxygens (including phenoxy) is 3. The molecule has 0 spiro atoms.